The summed E-state index contributed by atoms with van der Waals surface area (Å²) in [7, 11) is 4.06. The van der Waals surface area contributed by atoms with E-state index >= 15 is 0 Å². The quantitative estimate of drug-likeness (QED) is 0.798. The molecule has 0 N–H and O–H groups in total. The van der Waals surface area contributed by atoms with E-state index < -0.39 is 0 Å². The monoisotopic (exact) mass is 293 g/mol. The molecule has 1 aromatic heterocycles. The first-order chi connectivity index (χ1) is 10.1. The zero-order valence-corrected chi connectivity index (χ0v) is 12.7. The van der Waals surface area contributed by atoms with Crippen molar-refractivity contribution in [2.24, 2.45) is 0 Å². The van der Waals surface area contributed by atoms with E-state index in [-0.39, 0.29) is 18.1 Å². The summed E-state index contributed by atoms with van der Waals surface area (Å²) in [5, 5.41) is 8.12. The van der Waals surface area contributed by atoms with E-state index in [2.05, 4.69) is 15.2 Å². The second-order valence-electron chi connectivity index (χ2n) is 6.12. The van der Waals surface area contributed by atoms with E-state index in [1.165, 1.54) is 0 Å². The molecule has 0 aliphatic carbocycles. The molecule has 3 heterocycles. The fourth-order valence-corrected chi connectivity index (χ4v) is 3.11. The number of piperidine rings is 1. The summed E-state index contributed by atoms with van der Waals surface area (Å²) in [5.41, 5.74) is 0.998. The Bertz CT molecular complexity index is 501. The minimum absolute atomic E-state index is 0.114. The maximum absolute atomic E-state index is 12.3. The first-order valence-electron chi connectivity index (χ1n) is 7.58. The van der Waals surface area contributed by atoms with Gasteiger partial charge in [0.15, 0.2) is 0 Å². The van der Waals surface area contributed by atoms with E-state index in [9.17, 15) is 4.79 Å². The van der Waals surface area contributed by atoms with Gasteiger partial charge in [0.1, 0.15) is 0 Å². The standard InChI is InChI=1S/C14H23N5O2/c1-17(2)6-3-4-14(20)18-7-5-13-12(9-18)19-11(10-21-13)8-15-16-19/h8,12-13H,3-7,9-10H2,1-2H3/t12-,13+/m0/s1. The Labute approximate surface area is 124 Å². The van der Waals surface area contributed by atoms with Crippen LogP contribution in [0.5, 0.6) is 0 Å². The number of rotatable bonds is 4. The van der Waals surface area contributed by atoms with Crippen LogP contribution in [0.3, 0.4) is 0 Å². The molecule has 2 aliphatic rings. The van der Waals surface area contributed by atoms with Crippen molar-refractivity contribution in [2.45, 2.75) is 38.0 Å². The molecule has 1 amide bonds. The van der Waals surface area contributed by atoms with Crippen molar-refractivity contribution in [1.82, 2.24) is 24.8 Å². The number of hydrogen-bond donors (Lipinski definition) is 0. The van der Waals surface area contributed by atoms with Crippen molar-refractivity contribution in [3.05, 3.63) is 11.9 Å². The molecule has 21 heavy (non-hydrogen) atoms. The number of aromatic nitrogens is 3. The Morgan fingerprint density at radius 1 is 1.52 bits per heavy atom. The number of carbonyl (C=O) groups is 1. The van der Waals surface area contributed by atoms with Crippen LogP contribution in [0.25, 0.3) is 0 Å². The molecule has 116 valence electrons. The van der Waals surface area contributed by atoms with Gasteiger partial charge in [0.2, 0.25) is 5.91 Å². The SMILES string of the molecule is CN(C)CCCC(=O)N1CC[C@H]2OCc3cnnn3[C@H]2C1. The second-order valence-corrected chi connectivity index (χ2v) is 6.12. The van der Waals surface area contributed by atoms with Gasteiger partial charge >= 0.3 is 0 Å². The van der Waals surface area contributed by atoms with Crippen LogP contribution in [0, 0.1) is 0 Å². The Morgan fingerprint density at radius 3 is 3.19 bits per heavy atom. The van der Waals surface area contributed by atoms with Crippen molar-refractivity contribution in [3.8, 4) is 0 Å². The molecular formula is C14H23N5O2. The summed E-state index contributed by atoms with van der Waals surface area (Å²) in [5.74, 6) is 0.238. The number of carbonyl (C=O) groups excluding carboxylic acids is 1. The molecule has 0 saturated carbocycles. The fourth-order valence-electron chi connectivity index (χ4n) is 3.11. The van der Waals surface area contributed by atoms with Crippen LogP contribution in [0.2, 0.25) is 0 Å². The second kappa shape index (κ2) is 6.11. The average molecular weight is 293 g/mol. The van der Waals surface area contributed by atoms with Gasteiger partial charge in [0.25, 0.3) is 0 Å². The van der Waals surface area contributed by atoms with Crippen molar-refractivity contribution in [2.75, 3.05) is 33.7 Å². The largest absolute Gasteiger partial charge is 0.370 e. The van der Waals surface area contributed by atoms with Crippen LogP contribution < -0.4 is 0 Å². The van der Waals surface area contributed by atoms with E-state index in [1.54, 1.807) is 6.20 Å². The highest BCUT2D eigenvalue weighted by Gasteiger charge is 2.37. The average Bonchev–Trinajstić information content (AvgIpc) is 2.95. The molecule has 7 heteroatoms. The van der Waals surface area contributed by atoms with Gasteiger partial charge in [0.05, 0.1) is 30.6 Å². The van der Waals surface area contributed by atoms with Crippen LogP contribution in [0.1, 0.15) is 31.0 Å². The smallest absolute Gasteiger partial charge is 0.222 e. The summed E-state index contributed by atoms with van der Waals surface area (Å²) < 4.78 is 7.80. The van der Waals surface area contributed by atoms with Crippen LogP contribution >= 0.6 is 0 Å². The lowest BCUT2D eigenvalue weighted by Crippen LogP contribution is -2.49. The number of hydrogen-bond acceptors (Lipinski definition) is 5. The number of fused-ring (bicyclic) bond motifs is 3. The molecule has 7 nitrogen and oxygen atoms in total. The van der Waals surface area contributed by atoms with Gasteiger partial charge in [-0.15, -0.1) is 5.10 Å². The van der Waals surface area contributed by atoms with Gasteiger partial charge in [-0.2, -0.15) is 0 Å². The van der Waals surface area contributed by atoms with Crippen molar-refractivity contribution in [1.29, 1.82) is 0 Å². The molecule has 0 unspecified atom stereocenters. The molecule has 0 aromatic carbocycles. The highest BCUT2D eigenvalue weighted by atomic mass is 16.5. The van der Waals surface area contributed by atoms with E-state index in [4.69, 9.17) is 4.74 Å². The lowest BCUT2D eigenvalue weighted by Gasteiger charge is -2.41. The van der Waals surface area contributed by atoms with Crippen molar-refractivity contribution in [3.63, 3.8) is 0 Å². The highest BCUT2D eigenvalue weighted by molar-refractivity contribution is 5.76. The first kappa shape index (κ1) is 14.5. The molecule has 1 saturated heterocycles. The van der Waals surface area contributed by atoms with E-state index in [0.717, 1.165) is 31.6 Å². The number of amides is 1. The Balaban J connectivity index is 1.60. The molecular weight excluding hydrogens is 270 g/mol. The zero-order chi connectivity index (χ0) is 14.8. The molecule has 1 aromatic rings. The van der Waals surface area contributed by atoms with Gasteiger partial charge < -0.3 is 14.5 Å². The van der Waals surface area contributed by atoms with E-state index in [1.807, 2.05) is 23.7 Å². The summed E-state index contributed by atoms with van der Waals surface area (Å²) >= 11 is 0. The van der Waals surface area contributed by atoms with Crippen LogP contribution in [0.15, 0.2) is 6.20 Å². The summed E-state index contributed by atoms with van der Waals surface area (Å²) in [6.07, 6.45) is 4.30. The predicted octanol–water partition coefficient (Wildman–Crippen LogP) is 0.292. The van der Waals surface area contributed by atoms with Gasteiger partial charge in [-0.05, 0) is 33.5 Å². The lowest BCUT2D eigenvalue weighted by atomic mass is 10.00. The lowest BCUT2D eigenvalue weighted by molar-refractivity contribution is -0.138. The summed E-state index contributed by atoms with van der Waals surface area (Å²) in [4.78, 5) is 16.4. The predicted molar refractivity (Wildman–Crippen MR) is 76.6 cm³/mol. The van der Waals surface area contributed by atoms with Gasteiger partial charge in [0, 0.05) is 19.5 Å². The number of ether oxygens (including phenoxy) is 1. The van der Waals surface area contributed by atoms with Crippen molar-refractivity contribution < 1.29 is 9.53 Å². The minimum atomic E-state index is 0.114. The van der Waals surface area contributed by atoms with E-state index in [0.29, 0.717) is 19.6 Å². The zero-order valence-electron chi connectivity index (χ0n) is 12.7. The summed E-state index contributed by atoms with van der Waals surface area (Å²) in [6.45, 7) is 2.99. The van der Waals surface area contributed by atoms with Gasteiger partial charge in [-0.1, -0.05) is 5.21 Å². The normalized spacial score (nSPS) is 24.8. The highest BCUT2D eigenvalue weighted by Crippen LogP contribution is 2.30. The third-order valence-corrected chi connectivity index (χ3v) is 4.28. The molecule has 0 bridgehead atoms. The molecule has 3 rings (SSSR count). The Kier molecular flexibility index (Phi) is 4.21. The van der Waals surface area contributed by atoms with Crippen LogP contribution in [0.4, 0.5) is 0 Å². The van der Waals surface area contributed by atoms with Gasteiger partial charge in [-0.3, -0.25) is 4.79 Å². The molecule has 2 aliphatic heterocycles. The number of likely N-dealkylation sites (tertiary alicyclic amines) is 1. The molecule has 2 atom stereocenters. The maximum Gasteiger partial charge on any atom is 0.222 e. The topological polar surface area (TPSA) is 63.5 Å². The third-order valence-electron chi connectivity index (χ3n) is 4.28. The molecule has 0 spiro atoms. The minimum Gasteiger partial charge on any atom is -0.370 e. The molecule has 0 radical (unpaired) electrons. The van der Waals surface area contributed by atoms with Gasteiger partial charge in [-0.25, -0.2) is 4.68 Å². The van der Waals surface area contributed by atoms with Crippen LogP contribution in [-0.4, -0.2) is 70.5 Å². The van der Waals surface area contributed by atoms with Crippen LogP contribution in [-0.2, 0) is 16.1 Å². The molecule has 1 fully saturated rings. The Morgan fingerprint density at radius 2 is 2.38 bits per heavy atom. The fraction of sp³-hybridized carbons (Fsp3) is 0.786. The number of nitrogens with zero attached hydrogens (tertiary/aromatic N) is 5. The Hall–Kier alpha value is -1.47. The van der Waals surface area contributed by atoms with Crippen molar-refractivity contribution >= 4 is 5.91 Å². The first-order valence-corrected chi connectivity index (χ1v) is 7.58. The maximum atomic E-state index is 12.3. The summed E-state index contributed by atoms with van der Waals surface area (Å²) in [6, 6.07) is 0.114. The third kappa shape index (κ3) is 3.08.